The number of methoxy groups -OCH3 is 1. The van der Waals surface area contributed by atoms with Crippen LogP contribution in [0.1, 0.15) is 43.1 Å². The van der Waals surface area contributed by atoms with E-state index in [1.165, 1.54) is 0 Å². The predicted octanol–water partition coefficient (Wildman–Crippen LogP) is 3.84. The van der Waals surface area contributed by atoms with E-state index < -0.39 is 11.0 Å². The van der Waals surface area contributed by atoms with Gasteiger partial charge in [0.05, 0.1) is 7.11 Å². The number of carbonyl (C=O) groups is 2. The van der Waals surface area contributed by atoms with Gasteiger partial charge in [-0.1, -0.05) is 30.3 Å². The van der Waals surface area contributed by atoms with Crippen molar-refractivity contribution in [2.75, 3.05) is 19.0 Å². The molecular formula is C23H28N2O3. The summed E-state index contributed by atoms with van der Waals surface area (Å²) in [6.45, 7) is 6.02. The number of hydrogen-bond acceptors (Lipinski definition) is 4. The molecule has 5 heteroatoms. The van der Waals surface area contributed by atoms with E-state index in [0.29, 0.717) is 24.2 Å². The molecule has 1 atom stereocenters. The minimum absolute atomic E-state index is 0.155. The lowest BCUT2D eigenvalue weighted by Gasteiger charge is -2.38. The fourth-order valence-electron chi connectivity index (χ4n) is 3.67. The third kappa shape index (κ3) is 3.88. The molecule has 0 unspecified atom stereocenters. The number of benzene rings is 2. The third-order valence-electron chi connectivity index (χ3n) is 5.13. The Morgan fingerprint density at radius 2 is 1.82 bits per heavy atom. The number of nitrogens with one attached hydrogen (secondary N) is 2. The van der Waals surface area contributed by atoms with Crippen molar-refractivity contribution in [3.8, 4) is 5.75 Å². The molecule has 2 N–H and O–H groups in total. The van der Waals surface area contributed by atoms with Crippen molar-refractivity contribution in [3.63, 3.8) is 0 Å². The molecule has 2 aromatic rings. The summed E-state index contributed by atoms with van der Waals surface area (Å²) in [7, 11) is 1.60. The Morgan fingerprint density at radius 3 is 2.46 bits per heavy atom. The minimum atomic E-state index is -1.16. The number of para-hydroxylation sites is 1. The number of ether oxygens (including phenoxy) is 1. The third-order valence-corrected chi connectivity index (χ3v) is 5.13. The first-order chi connectivity index (χ1) is 13.3. The van der Waals surface area contributed by atoms with Gasteiger partial charge in [-0.3, -0.25) is 9.59 Å². The zero-order chi connectivity index (χ0) is 20.4. The molecule has 1 aliphatic carbocycles. The molecule has 1 amide bonds. The van der Waals surface area contributed by atoms with Crippen molar-refractivity contribution in [1.82, 2.24) is 5.32 Å². The molecule has 0 aromatic heterocycles. The van der Waals surface area contributed by atoms with E-state index in [2.05, 4.69) is 10.6 Å². The van der Waals surface area contributed by atoms with Crippen LogP contribution in [-0.4, -0.2) is 30.9 Å². The summed E-state index contributed by atoms with van der Waals surface area (Å²) in [6.07, 6.45) is 1.04. The zero-order valence-corrected chi connectivity index (χ0v) is 17.0. The van der Waals surface area contributed by atoms with Gasteiger partial charge >= 0.3 is 0 Å². The van der Waals surface area contributed by atoms with E-state index in [4.69, 9.17) is 4.74 Å². The maximum Gasteiger partial charge on any atom is 0.236 e. The maximum absolute atomic E-state index is 13.6. The zero-order valence-electron chi connectivity index (χ0n) is 17.0. The molecule has 2 aromatic carbocycles. The first-order valence-electron chi connectivity index (χ1n) is 9.59. The van der Waals surface area contributed by atoms with Crippen LogP contribution < -0.4 is 15.4 Å². The molecule has 28 heavy (non-hydrogen) atoms. The summed E-state index contributed by atoms with van der Waals surface area (Å²) in [5.74, 6) is 0.312. The minimum Gasteiger partial charge on any atom is -0.496 e. The summed E-state index contributed by atoms with van der Waals surface area (Å²) in [4.78, 5) is 26.9. The second-order valence-electron chi connectivity index (χ2n) is 8.32. The summed E-state index contributed by atoms with van der Waals surface area (Å²) in [6, 6.07) is 15.1. The van der Waals surface area contributed by atoms with Crippen molar-refractivity contribution in [1.29, 1.82) is 0 Å². The molecule has 0 saturated heterocycles. The number of hydrogen-bond donors (Lipinski definition) is 2. The fourth-order valence-corrected chi connectivity index (χ4v) is 3.67. The number of rotatable bonds is 5. The predicted molar refractivity (Wildman–Crippen MR) is 111 cm³/mol. The molecule has 0 radical (unpaired) electrons. The molecule has 0 bridgehead atoms. The van der Waals surface area contributed by atoms with Crippen LogP contribution in [0.5, 0.6) is 5.75 Å². The SMILES string of the molecule is COc1cccc2c1CC[C@](CNc1ccccc1)(C(=O)NC(C)(C)C)C2=O. The quantitative estimate of drug-likeness (QED) is 0.774. The second-order valence-corrected chi connectivity index (χ2v) is 8.32. The Morgan fingerprint density at radius 1 is 1.11 bits per heavy atom. The average Bonchev–Trinajstić information content (AvgIpc) is 2.67. The molecule has 148 valence electrons. The van der Waals surface area contributed by atoms with Crippen LogP contribution in [0.3, 0.4) is 0 Å². The Labute approximate surface area is 166 Å². The first-order valence-corrected chi connectivity index (χ1v) is 9.59. The van der Waals surface area contributed by atoms with Crippen LogP contribution in [0.25, 0.3) is 0 Å². The number of ketones is 1. The smallest absolute Gasteiger partial charge is 0.236 e. The lowest BCUT2D eigenvalue weighted by Crippen LogP contribution is -2.56. The molecule has 0 aliphatic heterocycles. The molecule has 5 nitrogen and oxygen atoms in total. The van der Waals surface area contributed by atoms with Gasteiger partial charge in [0.2, 0.25) is 5.91 Å². The lowest BCUT2D eigenvalue weighted by molar-refractivity contribution is -0.129. The molecule has 1 aliphatic rings. The lowest BCUT2D eigenvalue weighted by atomic mass is 9.69. The summed E-state index contributed by atoms with van der Waals surface area (Å²) >= 11 is 0. The highest BCUT2D eigenvalue weighted by atomic mass is 16.5. The van der Waals surface area contributed by atoms with Gasteiger partial charge in [0, 0.05) is 28.9 Å². The Balaban J connectivity index is 1.99. The van der Waals surface area contributed by atoms with E-state index in [0.717, 1.165) is 11.3 Å². The molecule has 0 fully saturated rings. The summed E-state index contributed by atoms with van der Waals surface area (Å²) < 4.78 is 5.43. The largest absolute Gasteiger partial charge is 0.496 e. The fraction of sp³-hybridized carbons (Fsp3) is 0.391. The van der Waals surface area contributed by atoms with Gasteiger partial charge < -0.3 is 15.4 Å². The van der Waals surface area contributed by atoms with E-state index in [9.17, 15) is 9.59 Å². The normalized spacial score (nSPS) is 18.9. The number of anilines is 1. The van der Waals surface area contributed by atoms with Crippen LogP contribution in [0.2, 0.25) is 0 Å². The standard InChI is InChI=1S/C23H28N2O3/c1-22(2,3)25-21(27)23(15-24-16-9-6-5-7-10-16)14-13-17-18(20(23)26)11-8-12-19(17)28-4/h5-12,24H,13-15H2,1-4H3,(H,25,27)/t23-/m1/s1. The maximum atomic E-state index is 13.6. The van der Waals surface area contributed by atoms with E-state index >= 15 is 0 Å². The second kappa shape index (κ2) is 7.66. The first kappa shape index (κ1) is 19.9. The average molecular weight is 380 g/mol. The van der Waals surface area contributed by atoms with Gasteiger partial charge in [-0.05, 0) is 51.8 Å². The van der Waals surface area contributed by atoms with Gasteiger partial charge in [0.1, 0.15) is 11.2 Å². The van der Waals surface area contributed by atoms with Gasteiger partial charge in [0.25, 0.3) is 0 Å². The topological polar surface area (TPSA) is 67.4 Å². The highest BCUT2D eigenvalue weighted by Crippen LogP contribution is 2.40. The Kier molecular flexibility index (Phi) is 5.45. The van der Waals surface area contributed by atoms with E-state index in [1.54, 1.807) is 19.2 Å². The highest BCUT2D eigenvalue weighted by molar-refractivity contribution is 6.16. The number of amides is 1. The van der Waals surface area contributed by atoms with E-state index in [1.807, 2.05) is 57.2 Å². The Hall–Kier alpha value is -2.82. The van der Waals surface area contributed by atoms with Gasteiger partial charge in [-0.15, -0.1) is 0 Å². The van der Waals surface area contributed by atoms with Crippen molar-refractivity contribution < 1.29 is 14.3 Å². The van der Waals surface area contributed by atoms with Crippen molar-refractivity contribution >= 4 is 17.4 Å². The van der Waals surface area contributed by atoms with Crippen molar-refractivity contribution in [2.45, 2.75) is 39.2 Å². The molecule has 0 saturated carbocycles. The van der Waals surface area contributed by atoms with Crippen LogP contribution in [-0.2, 0) is 11.2 Å². The number of Topliss-reactive ketones (excluding diaryl/α,β-unsaturated/α-hetero) is 1. The molecule has 0 spiro atoms. The van der Waals surface area contributed by atoms with Crippen molar-refractivity contribution in [2.24, 2.45) is 5.41 Å². The van der Waals surface area contributed by atoms with Crippen molar-refractivity contribution in [3.05, 3.63) is 59.7 Å². The van der Waals surface area contributed by atoms with Gasteiger partial charge in [-0.2, -0.15) is 0 Å². The highest BCUT2D eigenvalue weighted by Gasteiger charge is 2.49. The number of carbonyl (C=O) groups excluding carboxylic acids is 2. The molecule has 0 heterocycles. The van der Waals surface area contributed by atoms with Gasteiger partial charge in [-0.25, -0.2) is 0 Å². The van der Waals surface area contributed by atoms with Gasteiger partial charge in [0.15, 0.2) is 5.78 Å². The van der Waals surface area contributed by atoms with Crippen LogP contribution in [0.4, 0.5) is 5.69 Å². The monoisotopic (exact) mass is 380 g/mol. The molecule has 3 rings (SSSR count). The summed E-state index contributed by atoms with van der Waals surface area (Å²) in [5.41, 5.74) is 0.752. The van der Waals surface area contributed by atoms with Crippen LogP contribution in [0.15, 0.2) is 48.5 Å². The number of fused-ring (bicyclic) bond motifs is 1. The van der Waals surface area contributed by atoms with E-state index in [-0.39, 0.29) is 18.2 Å². The van der Waals surface area contributed by atoms with Crippen LogP contribution in [0, 0.1) is 5.41 Å². The summed E-state index contributed by atoms with van der Waals surface area (Å²) in [5, 5.41) is 6.32. The Bertz CT molecular complexity index is 871. The van der Waals surface area contributed by atoms with Crippen LogP contribution >= 0.6 is 0 Å². The molecular weight excluding hydrogens is 352 g/mol.